The molecule has 2 rings (SSSR count). The van der Waals surface area contributed by atoms with Gasteiger partial charge in [0.25, 0.3) is 0 Å². The third kappa shape index (κ3) is 4.96. The summed E-state index contributed by atoms with van der Waals surface area (Å²) < 4.78 is 41.2. The Hall–Kier alpha value is -1.56. The Labute approximate surface area is 135 Å². The van der Waals surface area contributed by atoms with E-state index in [4.69, 9.17) is 0 Å². The summed E-state index contributed by atoms with van der Waals surface area (Å²) in [6, 6.07) is 6.70. The lowest BCUT2D eigenvalue weighted by Crippen LogP contribution is -2.40. The molecule has 0 saturated heterocycles. The van der Waals surface area contributed by atoms with Crippen LogP contribution in [0.5, 0.6) is 5.75 Å². The van der Waals surface area contributed by atoms with Gasteiger partial charge in [-0.3, -0.25) is 0 Å². The number of halogens is 3. The van der Waals surface area contributed by atoms with Crippen molar-refractivity contribution in [3.05, 3.63) is 29.8 Å². The summed E-state index contributed by atoms with van der Waals surface area (Å²) in [4.78, 5) is 6.32. The molecule has 3 nitrogen and oxygen atoms in total. The van der Waals surface area contributed by atoms with Crippen LogP contribution in [0.15, 0.2) is 29.3 Å². The first-order valence-electron chi connectivity index (χ1n) is 7.74. The molecule has 1 aromatic rings. The molecular weight excluding hydrogens is 305 g/mol. The van der Waals surface area contributed by atoms with Crippen molar-refractivity contribution in [1.29, 1.82) is 0 Å². The van der Waals surface area contributed by atoms with E-state index in [-0.39, 0.29) is 11.7 Å². The molecular formula is C17H23F3N2O. The molecule has 0 spiro atoms. The molecule has 0 heterocycles. The molecule has 1 aromatic carbocycles. The molecule has 1 saturated carbocycles. The van der Waals surface area contributed by atoms with E-state index in [9.17, 15) is 13.2 Å². The van der Waals surface area contributed by atoms with E-state index in [0.717, 1.165) is 24.8 Å². The van der Waals surface area contributed by atoms with Crippen LogP contribution in [0.2, 0.25) is 0 Å². The minimum absolute atomic E-state index is 0.145. The topological polar surface area (TPSA) is 24.8 Å². The van der Waals surface area contributed by atoms with Crippen LogP contribution in [0.25, 0.3) is 0 Å². The van der Waals surface area contributed by atoms with Gasteiger partial charge in [0, 0.05) is 25.2 Å². The molecule has 1 aliphatic rings. The highest BCUT2D eigenvalue weighted by atomic mass is 19.4. The van der Waals surface area contributed by atoms with E-state index in [1.165, 1.54) is 12.1 Å². The Morgan fingerprint density at radius 1 is 1.26 bits per heavy atom. The van der Waals surface area contributed by atoms with E-state index in [1.54, 1.807) is 13.1 Å². The van der Waals surface area contributed by atoms with Crippen LogP contribution in [-0.2, 0) is 0 Å². The van der Waals surface area contributed by atoms with Gasteiger partial charge in [-0.1, -0.05) is 12.1 Å². The number of hydrogen-bond donors (Lipinski definition) is 0. The van der Waals surface area contributed by atoms with Crippen molar-refractivity contribution in [1.82, 2.24) is 4.90 Å². The second-order valence-corrected chi connectivity index (χ2v) is 6.23. The van der Waals surface area contributed by atoms with Gasteiger partial charge in [0.2, 0.25) is 0 Å². The van der Waals surface area contributed by atoms with Gasteiger partial charge in [0.15, 0.2) is 0 Å². The number of ether oxygens (including phenoxy) is 1. The van der Waals surface area contributed by atoms with Crippen molar-refractivity contribution in [3.8, 4) is 5.75 Å². The summed E-state index contributed by atoms with van der Waals surface area (Å²) in [5, 5.41) is 0. The molecule has 1 fully saturated rings. The quantitative estimate of drug-likeness (QED) is 0.777. The fourth-order valence-electron chi connectivity index (χ4n) is 3.40. The van der Waals surface area contributed by atoms with Crippen molar-refractivity contribution in [2.24, 2.45) is 10.9 Å². The van der Waals surface area contributed by atoms with Crippen molar-refractivity contribution in [2.75, 3.05) is 21.1 Å². The van der Waals surface area contributed by atoms with E-state index in [1.807, 2.05) is 26.4 Å². The second kappa shape index (κ2) is 7.34. The lowest BCUT2D eigenvalue weighted by Gasteiger charge is -2.38. The minimum atomic E-state index is -4.65. The van der Waals surface area contributed by atoms with Crippen LogP contribution in [0.3, 0.4) is 0 Å². The van der Waals surface area contributed by atoms with Crippen molar-refractivity contribution < 1.29 is 17.9 Å². The molecule has 1 unspecified atom stereocenters. The Kier molecular flexibility index (Phi) is 5.68. The highest BCUT2D eigenvalue weighted by Crippen LogP contribution is 2.38. The summed E-state index contributed by atoms with van der Waals surface area (Å²) in [6.07, 6.45) is 0.162. The smallest absolute Gasteiger partial charge is 0.406 e. The number of aliphatic imine (C=N–C) groups is 1. The van der Waals surface area contributed by atoms with Crippen molar-refractivity contribution in [3.63, 3.8) is 0 Å². The second-order valence-electron chi connectivity index (χ2n) is 6.23. The number of alkyl halides is 3. The molecule has 0 amide bonds. The van der Waals surface area contributed by atoms with E-state index >= 15 is 0 Å². The molecule has 0 radical (unpaired) electrons. The lowest BCUT2D eigenvalue weighted by molar-refractivity contribution is -0.274. The largest absolute Gasteiger partial charge is 0.573 e. The van der Waals surface area contributed by atoms with Gasteiger partial charge < -0.3 is 14.6 Å². The van der Waals surface area contributed by atoms with Crippen LogP contribution in [0.4, 0.5) is 13.2 Å². The van der Waals surface area contributed by atoms with Crippen molar-refractivity contribution >= 4 is 6.21 Å². The van der Waals surface area contributed by atoms with E-state index < -0.39 is 6.36 Å². The number of rotatable bonds is 4. The fraction of sp³-hybridized carbons (Fsp3) is 0.588. The zero-order valence-corrected chi connectivity index (χ0v) is 13.7. The minimum Gasteiger partial charge on any atom is -0.406 e. The molecule has 0 aromatic heterocycles. The van der Waals surface area contributed by atoms with Gasteiger partial charge >= 0.3 is 6.36 Å². The maximum absolute atomic E-state index is 12.4. The summed E-state index contributed by atoms with van der Waals surface area (Å²) in [5.74, 6) is 0.482. The van der Waals surface area contributed by atoms with Gasteiger partial charge in [0.1, 0.15) is 5.75 Å². The Balaban J connectivity index is 2.14. The van der Waals surface area contributed by atoms with E-state index in [2.05, 4.69) is 14.6 Å². The van der Waals surface area contributed by atoms with Gasteiger partial charge in [-0.25, -0.2) is 0 Å². The molecule has 1 aliphatic carbocycles. The molecule has 128 valence electrons. The van der Waals surface area contributed by atoms with Gasteiger partial charge in [-0.15, -0.1) is 13.2 Å². The first-order valence-corrected chi connectivity index (χ1v) is 7.74. The van der Waals surface area contributed by atoms with Crippen molar-refractivity contribution in [2.45, 2.75) is 37.6 Å². The number of nitrogens with zero attached hydrogens (tertiary/aromatic N) is 2. The molecule has 6 heteroatoms. The average molecular weight is 328 g/mol. The number of hydrogen-bond acceptors (Lipinski definition) is 3. The van der Waals surface area contributed by atoms with Crippen LogP contribution in [0.1, 0.15) is 30.7 Å². The van der Waals surface area contributed by atoms with E-state index in [0.29, 0.717) is 12.0 Å². The lowest BCUT2D eigenvalue weighted by atomic mass is 9.75. The monoisotopic (exact) mass is 328 g/mol. The Bertz CT molecular complexity index is 543. The van der Waals surface area contributed by atoms with Crippen LogP contribution in [0, 0.1) is 5.92 Å². The predicted molar refractivity (Wildman–Crippen MR) is 85.1 cm³/mol. The maximum atomic E-state index is 12.4. The summed E-state index contributed by atoms with van der Waals surface area (Å²) in [7, 11) is 5.84. The summed E-state index contributed by atoms with van der Waals surface area (Å²) in [5.41, 5.74) is 0.908. The molecule has 23 heavy (non-hydrogen) atoms. The fourth-order valence-corrected chi connectivity index (χ4v) is 3.40. The highest BCUT2D eigenvalue weighted by molar-refractivity contribution is 5.62. The SMILES string of the molecule is C/N=C/C1CC[C@H](c2cccc(OC(F)(F)F)c2)C[C@@H]1N(C)C. The summed E-state index contributed by atoms with van der Waals surface area (Å²) >= 11 is 0. The zero-order valence-electron chi connectivity index (χ0n) is 13.7. The first kappa shape index (κ1) is 17.8. The third-order valence-electron chi connectivity index (χ3n) is 4.44. The molecule has 0 N–H and O–H groups in total. The summed E-state index contributed by atoms with van der Waals surface area (Å²) in [6.45, 7) is 0. The van der Waals surface area contributed by atoms with Gasteiger partial charge in [-0.05, 0) is 57.0 Å². The molecule has 3 atom stereocenters. The molecule has 0 bridgehead atoms. The third-order valence-corrected chi connectivity index (χ3v) is 4.44. The highest BCUT2D eigenvalue weighted by Gasteiger charge is 2.33. The zero-order chi connectivity index (χ0) is 17.0. The number of benzene rings is 1. The van der Waals surface area contributed by atoms with Gasteiger partial charge in [-0.2, -0.15) is 0 Å². The van der Waals surface area contributed by atoms with Crippen LogP contribution in [-0.4, -0.2) is 44.7 Å². The predicted octanol–water partition coefficient (Wildman–Crippen LogP) is 4.10. The van der Waals surface area contributed by atoms with Crippen LogP contribution >= 0.6 is 0 Å². The standard InChI is InChI=1S/C17H23F3N2O/c1-21-11-14-8-7-13(10-16(14)22(2)3)12-5-4-6-15(9-12)23-17(18,19)20/h4-6,9,11,13-14,16H,7-8,10H2,1-3H3/b21-11+/t13-,14?,16-/m0/s1. The van der Waals surface area contributed by atoms with Crippen LogP contribution < -0.4 is 4.74 Å². The first-order chi connectivity index (χ1) is 10.8. The Morgan fingerprint density at radius 2 is 2.00 bits per heavy atom. The average Bonchev–Trinajstić information content (AvgIpc) is 2.46. The normalized spacial score (nSPS) is 26.0. The maximum Gasteiger partial charge on any atom is 0.573 e. The molecule has 0 aliphatic heterocycles. The Morgan fingerprint density at radius 3 is 2.61 bits per heavy atom. The van der Waals surface area contributed by atoms with Gasteiger partial charge in [0.05, 0.1) is 0 Å².